The predicted octanol–water partition coefficient (Wildman–Crippen LogP) is 3.45. The van der Waals surface area contributed by atoms with Crippen LogP contribution < -0.4 is 9.62 Å². The lowest BCUT2D eigenvalue weighted by Gasteiger charge is -2.31. The molecule has 2 aromatic rings. The summed E-state index contributed by atoms with van der Waals surface area (Å²) in [7, 11) is -3.97. The third-order valence-electron chi connectivity index (χ3n) is 5.36. The summed E-state index contributed by atoms with van der Waals surface area (Å²) < 4.78 is 27.7. The normalized spacial score (nSPS) is 19.2. The van der Waals surface area contributed by atoms with Crippen molar-refractivity contribution in [3.05, 3.63) is 60.2 Å². The molecule has 7 heteroatoms. The van der Waals surface area contributed by atoms with Gasteiger partial charge in [-0.1, -0.05) is 38.0 Å². The number of nitrogens with zero attached hydrogens (tertiary/aromatic N) is 2. The van der Waals surface area contributed by atoms with Crippen LogP contribution in [-0.4, -0.2) is 26.9 Å². The minimum absolute atomic E-state index is 0.0409. The number of para-hydroxylation sites is 1. The van der Waals surface area contributed by atoms with Gasteiger partial charge in [0.1, 0.15) is 6.54 Å². The van der Waals surface area contributed by atoms with E-state index >= 15 is 0 Å². The van der Waals surface area contributed by atoms with Crippen LogP contribution in [0.2, 0.25) is 0 Å². The molecule has 29 heavy (non-hydrogen) atoms. The van der Waals surface area contributed by atoms with Crippen LogP contribution in [0.25, 0.3) is 0 Å². The zero-order chi connectivity index (χ0) is 20.9. The van der Waals surface area contributed by atoms with Crippen LogP contribution in [0.15, 0.2) is 59.5 Å². The number of carbonyl (C=O) groups is 1. The van der Waals surface area contributed by atoms with Gasteiger partial charge in [-0.15, -0.1) is 0 Å². The predicted molar refractivity (Wildman–Crippen MR) is 112 cm³/mol. The fourth-order valence-electron chi connectivity index (χ4n) is 3.65. The van der Waals surface area contributed by atoms with Crippen molar-refractivity contribution in [3.63, 3.8) is 0 Å². The number of sulfonamides is 1. The van der Waals surface area contributed by atoms with Crippen molar-refractivity contribution in [1.29, 1.82) is 5.26 Å². The smallest absolute Gasteiger partial charge is 0.264 e. The van der Waals surface area contributed by atoms with Crippen molar-refractivity contribution in [1.82, 2.24) is 5.32 Å². The van der Waals surface area contributed by atoms with Crippen molar-refractivity contribution < 1.29 is 13.2 Å². The number of nitriles is 1. The molecular formula is C22H25N3O3S. The first-order valence-corrected chi connectivity index (χ1v) is 11.2. The zero-order valence-corrected chi connectivity index (χ0v) is 17.2. The molecule has 1 aliphatic carbocycles. The van der Waals surface area contributed by atoms with Gasteiger partial charge in [-0.3, -0.25) is 9.10 Å². The van der Waals surface area contributed by atoms with E-state index in [1.807, 2.05) is 6.07 Å². The third-order valence-corrected chi connectivity index (χ3v) is 7.15. The number of hydrogen-bond acceptors (Lipinski definition) is 4. The van der Waals surface area contributed by atoms with Gasteiger partial charge < -0.3 is 5.32 Å². The molecule has 2 aromatic carbocycles. The Morgan fingerprint density at radius 1 is 1.10 bits per heavy atom. The fraction of sp³-hybridized carbons (Fsp3) is 0.364. The van der Waals surface area contributed by atoms with E-state index in [2.05, 4.69) is 12.2 Å². The second-order valence-corrected chi connectivity index (χ2v) is 9.28. The summed E-state index contributed by atoms with van der Waals surface area (Å²) in [6.07, 6.45) is 4.22. The minimum Gasteiger partial charge on any atom is -0.352 e. The summed E-state index contributed by atoms with van der Waals surface area (Å²) in [5, 5.41) is 12.0. The summed E-state index contributed by atoms with van der Waals surface area (Å²) in [5.74, 6) is 0.0674. The van der Waals surface area contributed by atoms with Crippen molar-refractivity contribution in [2.45, 2.75) is 43.5 Å². The number of hydrogen-bond donors (Lipinski definition) is 1. The Morgan fingerprint density at radius 3 is 2.38 bits per heavy atom. The van der Waals surface area contributed by atoms with Crippen LogP contribution in [0, 0.1) is 17.2 Å². The lowest BCUT2D eigenvalue weighted by molar-refractivity contribution is -0.120. The molecule has 1 N–H and O–H groups in total. The standard InChI is InChI=1S/C22H25N3O3S/c1-17-7-5-6-10-21(17)24-22(26)16-25(19-8-3-2-4-9-19)29(27,28)20-13-11-18(15-23)12-14-20/h2-4,8-9,11-14,17,21H,5-7,10,16H2,1H3,(H,24,26)/t17-,21+/m0/s1. The highest BCUT2D eigenvalue weighted by Crippen LogP contribution is 2.25. The highest BCUT2D eigenvalue weighted by Gasteiger charge is 2.29. The summed E-state index contributed by atoms with van der Waals surface area (Å²) in [6.45, 7) is 1.82. The maximum absolute atomic E-state index is 13.3. The molecule has 0 aromatic heterocycles. The van der Waals surface area contributed by atoms with E-state index < -0.39 is 10.0 Å². The molecular weight excluding hydrogens is 386 g/mol. The van der Waals surface area contributed by atoms with E-state index in [1.54, 1.807) is 30.3 Å². The van der Waals surface area contributed by atoms with Crippen LogP contribution in [0.5, 0.6) is 0 Å². The maximum atomic E-state index is 13.3. The lowest BCUT2D eigenvalue weighted by Crippen LogP contribution is -2.47. The Morgan fingerprint density at radius 2 is 1.76 bits per heavy atom. The van der Waals surface area contributed by atoms with Crippen LogP contribution in [0.4, 0.5) is 5.69 Å². The second-order valence-electron chi connectivity index (χ2n) is 7.42. The fourth-order valence-corrected chi connectivity index (χ4v) is 5.07. The average Bonchev–Trinajstić information content (AvgIpc) is 2.74. The highest BCUT2D eigenvalue weighted by atomic mass is 32.2. The molecule has 0 spiro atoms. The monoisotopic (exact) mass is 411 g/mol. The number of amides is 1. The number of rotatable bonds is 6. The maximum Gasteiger partial charge on any atom is 0.264 e. The minimum atomic E-state index is -3.97. The Bertz CT molecular complexity index is 982. The molecule has 1 saturated carbocycles. The van der Waals surface area contributed by atoms with E-state index in [9.17, 15) is 13.2 Å². The van der Waals surface area contributed by atoms with Gasteiger partial charge in [-0.2, -0.15) is 5.26 Å². The van der Waals surface area contributed by atoms with Crippen molar-refractivity contribution in [2.75, 3.05) is 10.8 Å². The Balaban J connectivity index is 1.86. The van der Waals surface area contributed by atoms with E-state index in [1.165, 1.54) is 24.3 Å². The SMILES string of the molecule is C[C@H]1CCCC[C@H]1NC(=O)CN(c1ccccc1)S(=O)(=O)c1ccc(C#N)cc1. The van der Waals surface area contributed by atoms with Gasteiger partial charge in [0.05, 0.1) is 22.2 Å². The molecule has 0 unspecified atom stereocenters. The molecule has 152 valence electrons. The Hall–Kier alpha value is -2.85. The summed E-state index contributed by atoms with van der Waals surface area (Å²) in [6, 6.07) is 16.3. The first-order valence-electron chi connectivity index (χ1n) is 9.79. The molecule has 0 saturated heterocycles. The number of nitrogens with one attached hydrogen (secondary N) is 1. The summed E-state index contributed by atoms with van der Waals surface area (Å²) in [5.41, 5.74) is 0.794. The van der Waals surface area contributed by atoms with Crippen LogP contribution in [-0.2, 0) is 14.8 Å². The summed E-state index contributed by atoms with van der Waals surface area (Å²) >= 11 is 0. The molecule has 1 aliphatic rings. The largest absolute Gasteiger partial charge is 0.352 e. The molecule has 0 heterocycles. The van der Waals surface area contributed by atoms with Gasteiger partial charge in [0, 0.05) is 6.04 Å². The Kier molecular flexibility index (Phi) is 6.55. The molecule has 1 fully saturated rings. The molecule has 6 nitrogen and oxygen atoms in total. The van der Waals surface area contributed by atoms with Crippen LogP contribution >= 0.6 is 0 Å². The Labute approximate surface area is 172 Å². The van der Waals surface area contributed by atoms with Gasteiger partial charge in [-0.25, -0.2) is 8.42 Å². The number of benzene rings is 2. The molecule has 2 atom stereocenters. The molecule has 0 aliphatic heterocycles. The van der Waals surface area contributed by atoms with Gasteiger partial charge >= 0.3 is 0 Å². The second kappa shape index (κ2) is 9.10. The van der Waals surface area contributed by atoms with E-state index in [4.69, 9.17) is 5.26 Å². The zero-order valence-electron chi connectivity index (χ0n) is 16.4. The van der Waals surface area contributed by atoms with E-state index in [-0.39, 0.29) is 23.4 Å². The van der Waals surface area contributed by atoms with Crippen molar-refractivity contribution in [3.8, 4) is 6.07 Å². The third kappa shape index (κ3) is 4.96. The number of anilines is 1. The van der Waals surface area contributed by atoms with Gasteiger partial charge in [-0.05, 0) is 55.2 Å². The quantitative estimate of drug-likeness (QED) is 0.788. The first kappa shape index (κ1) is 20.9. The summed E-state index contributed by atoms with van der Waals surface area (Å²) in [4.78, 5) is 12.8. The van der Waals surface area contributed by atoms with Gasteiger partial charge in [0.25, 0.3) is 10.0 Å². The van der Waals surface area contributed by atoms with Gasteiger partial charge in [0.15, 0.2) is 0 Å². The van der Waals surface area contributed by atoms with Gasteiger partial charge in [0.2, 0.25) is 5.91 Å². The number of carbonyl (C=O) groups excluding carboxylic acids is 1. The molecule has 3 rings (SSSR count). The van der Waals surface area contributed by atoms with E-state index in [0.717, 1.165) is 30.0 Å². The highest BCUT2D eigenvalue weighted by molar-refractivity contribution is 7.92. The topological polar surface area (TPSA) is 90.3 Å². The molecule has 0 radical (unpaired) electrons. The van der Waals surface area contributed by atoms with Crippen molar-refractivity contribution >= 4 is 21.6 Å². The van der Waals surface area contributed by atoms with Crippen molar-refractivity contribution in [2.24, 2.45) is 5.92 Å². The van der Waals surface area contributed by atoms with Crippen LogP contribution in [0.3, 0.4) is 0 Å². The van der Waals surface area contributed by atoms with Crippen LogP contribution in [0.1, 0.15) is 38.2 Å². The average molecular weight is 412 g/mol. The van der Waals surface area contributed by atoms with E-state index in [0.29, 0.717) is 17.2 Å². The molecule has 0 bridgehead atoms. The first-order chi connectivity index (χ1) is 13.9. The molecule has 1 amide bonds. The lowest BCUT2D eigenvalue weighted by atomic mass is 9.86.